The molecule has 16 heavy (non-hydrogen) atoms. The monoisotopic (exact) mass is 232 g/mol. The average Bonchev–Trinajstić information content (AvgIpc) is 2.28. The van der Waals surface area contributed by atoms with E-state index in [1.165, 1.54) is 4.90 Å². The second kappa shape index (κ2) is 6.97. The zero-order valence-corrected chi connectivity index (χ0v) is 10.3. The van der Waals surface area contributed by atoms with Gasteiger partial charge in [0.25, 0.3) is 0 Å². The minimum atomic E-state index is 0.316. The molecule has 0 unspecified atom stereocenters. The van der Waals surface area contributed by atoms with Crippen molar-refractivity contribution in [2.45, 2.75) is 23.5 Å². The Morgan fingerprint density at radius 3 is 3.00 bits per heavy atom. The van der Waals surface area contributed by atoms with E-state index in [-0.39, 0.29) is 0 Å². The molecule has 0 aliphatic rings. The van der Waals surface area contributed by atoms with Crippen LogP contribution in [0.4, 0.5) is 5.69 Å². The molecule has 0 saturated heterocycles. The van der Waals surface area contributed by atoms with Crippen molar-refractivity contribution in [3.05, 3.63) is 36.9 Å². The fourth-order valence-corrected chi connectivity index (χ4v) is 2.30. The summed E-state index contributed by atoms with van der Waals surface area (Å²) in [6.45, 7) is 6.51. The van der Waals surface area contributed by atoms with Gasteiger partial charge in [-0.15, -0.1) is 18.3 Å². The Morgan fingerprint density at radius 2 is 2.31 bits per heavy atom. The summed E-state index contributed by atoms with van der Waals surface area (Å²) < 4.78 is 0. The normalized spacial score (nSPS) is 11.5. The summed E-state index contributed by atoms with van der Waals surface area (Å²) in [7, 11) is 0. The third-order valence-electron chi connectivity index (χ3n) is 2.03. The smallest absolute Gasteiger partial charge is 0.0633 e. The number of nitrogens with one attached hydrogen (secondary N) is 1. The van der Waals surface area contributed by atoms with Gasteiger partial charge in [-0.05, 0) is 12.1 Å². The maximum Gasteiger partial charge on any atom is 0.0633 e. The number of nitriles is 1. The molecular formula is C13H16N2S. The number of benzene rings is 1. The fourth-order valence-electron chi connectivity index (χ4n) is 1.28. The quantitative estimate of drug-likeness (QED) is 0.600. The van der Waals surface area contributed by atoms with Crippen molar-refractivity contribution >= 4 is 17.4 Å². The van der Waals surface area contributed by atoms with Gasteiger partial charge in [-0.3, -0.25) is 0 Å². The maximum absolute atomic E-state index is 8.63. The molecule has 0 heterocycles. The molecule has 0 bridgehead atoms. The van der Waals surface area contributed by atoms with Crippen molar-refractivity contribution in [1.29, 1.82) is 5.26 Å². The lowest BCUT2D eigenvalue weighted by atomic mass is 10.3. The van der Waals surface area contributed by atoms with Gasteiger partial charge in [-0.2, -0.15) is 5.26 Å². The Bertz CT molecular complexity index is 382. The molecule has 2 nitrogen and oxygen atoms in total. The number of anilines is 1. The molecule has 1 rings (SSSR count). The topological polar surface area (TPSA) is 35.8 Å². The van der Waals surface area contributed by atoms with E-state index in [1.807, 2.05) is 24.3 Å². The highest BCUT2D eigenvalue weighted by molar-refractivity contribution is 8.00. The van der Waals surface area contributed by atoms with Gasteiger partial charge in [0.15, 0.2) is 0 Å². The highest BCUT2D eigenvalue weighted by Gasteiger charge is 2.07. The van der Waals surface area contributed by atoms with Crippen molar-refractivity contribution in [1.82, 2.24) is 0 Å². The Balaban J connectivity index is 2.70. The first-order valence-electron chi connectivity index (χ1n) is 5.25. The first kappa shape index (κ1) is 12.7. The summed E-state index contributed by atoms with van der Waals surface area (Å²) in [6, 6.07) is 10.3. The minimum absolute atomic E-state index is 0.316. The predicted octanol–water partition coefficient (Wildman–Crippen LogP) is 3.68. The molecule has 0 fully saturated rings. The van der Waals surface area contributed by atoms with E-state index < -0.39 is 0 Å². The van der Waals surface area contributed by atoms with Crippen LogP contribution in [0.2, 0.25) is 0 Å². The second-order valence-corrected chi connectivity index (χ2v) is 4.94. The van der Waals surface area contributed by atoms with Crippen molar-refractivity contribution in [2.75, 3.05) is 11.9 Å². The third-order valence-corrected chi connectivity index (χ3v) is 3.21. The van der Waals surface area contributed by atoms with Crippen LogP contribution in [0.3, 0.4) is 0 Å². The molecule has 1 N–H and O–H groups in total. The van der Waals surface area contributed by atoms with Crippen molar-refractivity contribution in [3.63, 3.8) is 0 Å². The van der Waals surface area contributed by atoms with Gasteiger partial charge in [0.05, 0.1) is 6.07 Å². The summed E-state index contributed by atoms with van der Waals surface area (Å²) >= 11 is 1.73. The molecule has 0 spiro atoms. The minimum Gasteiger partial charge on any atom is -0.381 e. The van der Waals surface area contributed by atoms with Gasteiger partial charge in [-0.1, -0.05) is 25.1 Å². The lowest BCUT2D eigenvalue weighted by Gasteiger charge is -2.12. The molecule has 0 aromatic heterocycles. The van der Waals surface area contributed by atoms with E-state index in [0.29, 0.717) is 11.7 Å². The summed E-state index contributed by atoms with van der Waals surface area (Å²) in [5.74, 6) is 0. The molecule has 0 radical (unpaired) electrons. The van der Waals surface area contributed by atoms with Gasteiger partial charge in [-0.25, -0.2) is 0 Å². The zero-order chi connectivity index (χ0) is 11.8. The van der Waals surface area contributed by atoms with Crippen LogP contribution in [0, 0.1) is 11.3 Å². The Labute approximate surface area is 101 Å². The highest BCUT2D eigenvalue weighted by Crippen LogP contribution is 2.31. The SMILES string of the molecule is C=CCNc1ccccc1S[C@H](C)CC#N. The van der Waals surface area contributed by atoms with Gasteiger partial charge < -0.3 is 5.32 Å². The highest BCUT2D eigenvalue weighted by atomic mass is 32.2. The molecule has 0 aliphatic carbocycles. The van der Waals surface area contributed by atoms with Gasteiger partial charge in [0.1, 0.15) is 0 Å². The molecule has 1 atom stereocenters. The third kappa shape index (κ3) is 4.00. The van der Waals surface area contributed by atoms with E-state index >= 15 is 0 Å². The van der Waals surface area contributed by atoms with Gasteiger partial charge >= 0.3 is 0 Å². The van der Waals surface area contributed by atoms with E-state index in [2.05, 4.69) is 31.0 Å². The number of para-hydroxylation sites is 1. The van der Waals surface area contributed by atoms with E-state index in [1.54, 1.807) is 11.8 Å². The number of hydrogen-bond acceptors (Lipinski definition) is 3. The molecule has 0 amide bonds. The Hall–Kier alpha value is -1.40. The number of rotatable bonds is 6. The average molecular weight is 232 g/mol. The van der Waals surface area contributed by atoms with Crippen molar-refractivity contribution < 1.29 is 0 Å². The largest absolute Gasteiger partial charge is 0.381 e. The molecule has 1 aromatic rings. The van der Waals surface area contributed by atoms with Crippen molar-refractivity contribution in [3.8, 4) is 6.07 Å². The van der Waals surface area contributed by atoms with Crippen LogP contribution in [-0.2, 0) is 0 Å². The predicted molar refractivity (Wildman–Crippen MR) is 70.7 cm³/mol. The first-order chi connectivity index (χ1) is 7.77. The molecule has 84 valence electrons. The second-order valence-electron chi connectivity index (χ2n) is 3.46. The van der Waals surface area contributed by atoms with E-state index in [4.69, 9.17) is 5.26 Å². The van der Waals surface area contributed by atoms with Crippen LogP contribution in [0.25, 0.3) is 0 Å². The number of nitrogens with zero attached hydrogens (tertiary/aromatic N) is 1. The molecule has 1 aromatic carbocycles. The van der Waals surface area contributed by atoms with Gasteiger partial charge in [0, 0.05) is 28.8 Å². The lowest BCUT2D eigenvalue weighted by Crippen LogP contribution is -2.01. The van der Waals surface area contributed by atoms with Gasteiger partial charge in [0.2, 0.25) is 0 Å². The van der Waals surface area contributed by atoms with Crippen LogP contribution in [-0.4, -0.2) is 11.8 Å². The fraction of sp³-hybridized carbons (Fsp3) is 0.308. The first-order valence-corrected chi connectivity index (χ1v) is 6.13. The number of hydrogen-bond donors (Lipinski definition) is 1. The maximum atomic E-state index is 8.63. The van der Waals surface area contributed by atoms with Crippen LogP contribution in [0.15, 0.2) is 41.8 Å². The summed E-state index contributed by atoms with van der Waals surface area (Å²) in [6.07, 6.45) is 2.40. The standard InChI is InChI=1S/C13H16N2S/c1-3-10-15-12-6-4-5-7-13(12)16-11(2)8-9-14/h3-7,11,15H,1,8,10H2,2H3/t11-/m1/s1. The van der Waals surface area contributed by atoms with E-state index in [0.717, 1.165) is 12.2 Å². The molecular weight excluding hydrogens is 216 g/mol. The molecule has 3 heteroatoms. The number of thioether (sulfide) groups is 1. The van der Waals surface area contributed by atoms with Crippen LogP contribution < -0.4 is 5.32 Å². The zero-order valence-electron chi connectivity index (χ0n) is 9.44. The molecule has 0 saturated carbocycles. The summed E-state index contributed by atoms with van der Waals surface area (Å²) in [4.78, 5) is 1.19. The summed E-state index contributed by atoms with van der Waals surface area (Å²) in [5.41, 5.74) is 1.11. The molecule has 0 aliphatic heterocycles. The Kier molecular flexibility index (Phi) is 5.52. The lowest BCUT2D eigenvalue weighted by molar-refractivity contribution is 0.989. The van der Waals surface area contributed by atoms with Crippen molar-refractivity contribution in [2.24, 2.45) is 0 Å². The van der Waals surface area contributed by atoms with Crippen LogP contribution in [0.5, 0.6) is 0 Å². The summed E-state index contributed by atoms with van der Waals surface area (Å²) in [5, 5.41) is 12.2. The Morgan fingerprint density at radius 1 is 1.56 bits per heavy atom. The van der Waals surface area contributed by atoms with Crippen LogP contribution >= 0.6 is 11.8 Å². The van der Waals surface area contributed by atoms with Crippen LogP contribution in [0.1, 0.15) is 13.3 Å². The van der Waals surface area contributed by atoms with E-state index in [9.17, 15) is 0 Å².